The van der Waals surface area contributed by atoms with Crippen LogP contribution in [0.2, 0.25) is 0 Å². The molecule has 0 spiro atoms. The number of nitrogens with two attached hydrogens (primary N) is 1. The molecule has 0 saturated heterocycles. The van der Waals surface area contributed by atoms with Gasteiger partial charge in [0.1, 0.15) is 5.75 Å². The van der Waals surface area contributed by atoms with Gasteiger partial charge in [0.25, 0.3) is 0 Å². The molecule has 1 aromatic rings. The van der Waals surface area contributed by atoms with E-state index in [0.29, 0.717) is 0 Å². The highest BCUT2D eigenvalue weighted by molar-refractivity contribution is 5.89. The Bertz CT molecular complexity index is 427. The molecule has 0 aliphatic heterocycles. The lowest BCUT2D eigenvalue weighted by atomic mass is 10.1. The second-order valence-corrected chi connectivity index (χ2v) is 4.63. The number of amides is 1. The highest BCUT2D eigenvalue weighted by Gasteiger charge is 2.46. The van der Waals surface area contributed by atoms with Gasteiger partial charge < -0.3 is 15.8 Å². The maximum absolute atomic E-state index is 11.8. The number of methoxy groups -OCH3 is 1. The molecule has 1 aliphatic rings. The molecule has 1 saturated carbocycles. The maximum atomic E-state index is 11.8. The minimum Gasteiger partial charge on any atom is -0.497 e. The molecule has 92 valence electrons. The zero-order valence-corrected chi connectivity index (χ0v) is 10.2. The first-order valence-corrected chi connectivity index (χ1v) is 5.79. The third kappa shape index (κ3) is 2.58. The number of hydrogen-bond donors (Lipinski definition) is 2. The van der Waals surface area contributed by atoms with Gasteiger partial charge in [-0.2, -0.15) is 0 Å². The molecule has 1 fully saturated rings. The van der Waals surface area contributed by atoms with Crippen molar-refractivity contribution in [3.8, 4) is 5.75 Å². The van der Waals surface area contributed by atoms with Crippen molar-refractivity contribution in [2.45, 2.75) is 31.3 Å². The van der Waals surface area contributed by atoms with E-state index < -0.39 is 5.54 Å². The summed E-state index contributed by atoms with van der Waals surface area (Å²) in [6.45, 7) is 1.94. The van der Waals surface area contributed by atoms with E-state index in [2.05, 4.69) is 5.32 Å². The normalized spacial score (nSPS) is 18.3. The minimum atomic E-state index is -0.618. The smallest absolute Gasteiger partial charge is 0.240 e. The molecule has 0 aromatic heterocycles. The highest BCUT2D eigenvalue weighted by atomic mass is 16.5. The molecule has 4 nitrogen and oxygen atoms in total. The van der Waals surface area contributed by atoms with Crippen molar-refractivity contribution in [3.05, 3.63) is 29.8 Å². The summed E-state index contributed by atoms with van der Waals surface area (Å²) in [7, 11) is 1.63. The van der Waals surface area contributed by atoms with Crippen LogP contribution >= 0.6 is 0 Å². The molecule has 1 amide bonds. The molecule has 17 heavy (non-hydrogen) atoms. The average molecular weight is 234 g/mol. The van der Waals surface area contributed by atoms with Crippen molar-refractivity contribution >= 4 is 5.91 Å². The molecule has 2 rings (SSSR count). The lowest BCUT2D eigenvalue weighted by Crippen LogP contribution is -2.43. The highest BCUT2D eigenvalue weighted by Crippen LogP contribution is 2.33. The Kier molecular flexibility index (Phi) is 3.07. The van der Waals surface area contributed by atoms with Gasteiger partial charge in [0.2, 0.25) is 5.91 Å². The van der Waals surface area contributed by atoms with Crippen molar-refractivity contribution in [1.82, 2.24) is 5.32 Å². The third-order valence-electron chi connectivity index (χ3n) is 3.18. The number of rotatable bonds is 4. The fraction of sp³-hybridized carbons (Fsp3) is 0.462. The van der Waals surface area contributed by atoms with Crippen LogP contribution in [-0.4, -0.2) is 18.6 Å². The van der Waals surface area contributed by atoms with Crippen LogP contribution in [0.3, 0.4) is 0 Å². The zero-order valence-electron chi connectivity index (χ0n) is 10.2. The molecule has 3 N–H and O–H groups in total. The molecular formula is C13H18N2O2. The molecule has 0 radical (unpaired) electrons. The van der Waals surface area contributed by atoms with Gasteiger partial charge in [-0.1, -0.05) is 12.1 Å². The summed E-state index contributed by atoms with van der Waals surface area (Å²) in [5.74, 6) is 0.727. The van der Waals surface area contributed by atoms with E-state index in [-0.39, 0.29) is 11.9 Å². The Hall–Kier alpha value is -1.55. The van der Waals surface area contributed by atoms with Crippen LogP contribution in [0.1, 0.15) is 31.4 Å². The topological polar surface area (TPSA) is 64.3 Å². The quantitative estimate of drug-likeness (QED) is 0.826. The number of ether oxygens (including phenoxy) is 1. The summed E-state index contributed by atoms with van der Waals surface area (Å²) < 4.78 is 5.15. The van der Waals surface area contributed by atoms with E-state index >= 15 is 0 Å². The van der Waals surface area contributed by atoms with E-state index in [1.54, 1.807) is 7.11 Å². The van der Waals surface area contributed by atoms with Crippen molar-refractivity contribution in [1.29, 1.82) is 0 Å². The van der Waals surface area contributed by atoms with Crippen molar-refractivity contribution < 1.29 is 9.53 Å². The minimum absolute atomic E-state index is 0.0568. The second-order valence-electron chi connectivity index (χ2n) is 4.63. The zero-order chi connectivity index (χ0) is 12.5. The van der Waals surface area contributed by atoms with Gasteiger partial charge in [-0.3, -0.25) is 4.79 Å². The number of carbonyl (C=O) groups is 1. The van der Waals surface area contributed by atoms with E-state index in [4.69, 9.17) is 10.5 Å². The van der Waals surface area contributed by atoms with E-state index in [0.717, 1.165) is 24.2 Å². The molecule has 1 aliphatic carbocycles. The summed E-state index contributed by atoms with van der Waals surface area (Å²) in [6, 6.07) is 7.61. The predicted octanol–water partition coefficient (Wildman–Crippen LogP) is 1.36. The van der Waals surface area contributed by atoms with Gasteiger partial charge in [0.15, 0.2) is 0 Å². The fourth-order valence-corrected chi connectivity index (χ4v) is 1.70. The number of hydrogen-bond acceptors (Lipinski definition) is 3. The molecule has 0 bridgehead atoms. The first kappa shape index (κ1) is 11.9. The van der Waals surface area contributed by atoms with Gasteiger partial charge in [-0.05, 0) is 37.5 Å². The largest absolute Gasteiger partial charge is 0.497 e. The Balaban J connectivity index is 2.03. The summed E-state index contributed by atoms with van der Waals surface area (Å²) >= 11 is 0. The lowest BCUT2D eigenvalue weighted by molar-refractivity contribution is -0.123. The van der Waals surface area contributed by atoms with Gasteiger partial charge >= 0.3 is 0 Å². The summed E-state index contributed by atoms with van der Waals surface area (Å²) in [4.78, 5) is 11.8. The Labute approximate surface area is 101 Å². The average Bonchev–Trinajstić information content (AvgIpc) is 3.08. The van der Waals surface area contributed by atoms with Crippen LogP contribution in [-0.2, 0) is 4.79 Å². The van der Waals surface area contributed by atoms with Crippen LogP contribution in [0.5, 0.6) is 5.75 Å². The van der Waals surface area contributed by atoms with Gasteiger partial charge in [0.05, 0.1) is 18.7 Å². The first-order valence-electron chi connectivity index (χ1n) is 5.79. The van der Waals surface area contributed by atoms with Crippen LogP contribution in [0.4, 0.5) is 0 Å². The molecular weight excluding hydrogens is 216 g/mol. The SMILES string of the molecule is COc1cccc([C@H](C)NC(=O)C2(N)CC2)c1. The van der Waals surface area contributed by atoms with Gasteiger partial charge in [0, 0.05) is 0 Å². The number of carbonyl (C=O) groups excluding carboxylic acids is 1. The van der Waals surface area contributed by atoms with Crippen molar-refractivity contribution in [2.75, 3.05) is 7.11 Å². The Morgan fingerprint density at radius 3 is 2.82 bits per heavy atom. The molecule has 0 heterocycles. The fourth-order valence-electron chi connectivity index (χ4n) is 1.70. The summed E-state index contributed by atoms with van der Waals surface area (Å²) in [6.07, 6.45) is 1.56. The van der Waals surface area contributed by atoms with E-state index in [1.807, 2.05) is 31.2 Å². The Morgan fingerprint density at radius 1 is 1.53 bits per heavy atom. The van der Waals surface area contributed by atoms with Crippen LogP contribution in [0, 0.1) is 0 Å². The standard InChI is InChI=1S/C13H18N2O2/c1-9(15-12(16)13(14)6-7-13)10-4-3-5-11(8-10)17-2/h3-5,8-9H,6-7,14H2,1-2H3,(H,15,16)/t9-/m0/s1. The molecule has 0 unspecified atom stereocenters. The molecule has 4 heteroatoms. The lowest BCUT2D eigenvalue weighted by Gasteiger charge is -2.17. The second kappa shape index (κ2) is 4.37. The van der Waals surface area contributed by atoms with Gasteiger partial charge in [-0.15, -0.1) is 0 Å². The van der Waals surface area contributed by atoms with Crippen LogP contribution in [0.15, 0.2) is 24.3 Å². The van der Waals surface area contributed by atoms with Crippen LogP contribution in [0.25, 0.3) is 0 Å². The maximum Gasteiger partial charge on any atom is 0.240 e. The van der Waals surface area contributed by atoms with Gasteiger partial charge in [-0.25, -0.2) is 0 Å². The first-order chi connectivity index (χ1) is 8.05. The molecule has 1 atom stereocenters. The van der Waals surface area contributed by atoms with Crippen molar-refractivity contribution in [2.24, 2.45) is 5.73 Å². The number of nitrogens with one attached hydrogen (secondary N) is 1. The van der Waals surface area contributed by atoms with E-state index in [1.165, 1.54) is 0 Å². The Morgan fingerprint density at radius 2 is 2.24 bits per heavy atom. The van der Waals surface area contributed by atoms with Crippen molar-refractivity contribution in [3.63, 3.8) is 0 Å². The summed E-state index contributed by atoms with van der Waals surface area (Å²) in [5.41, 5.74) is 6.23. The monoisotopic (exact) mass is 234 g/mol. The van der Waals surface area contributed by atoms with Crippen LogP contribution < -0.4 is 15.8 Å². The summed E-state index contributed by atoms with van der Waals surface area (Å²) in [5, 5.41) is 2.93. The number of benzene rings is 1. The van der Waals surface area contributed by atoms with E-state index in [9.17, 15) is 4.79 Å². The predicted molar refractivity (Wildman–Crippen MR) is 65.7 cm³/mol. The third-order valence-corrected chi connectivity index (χ3v) is 3.18. The molecule has 1 aromatic carbocycles.